The first kappa shape index (κ1) is 23.4. The van der Waals surface area contributed by atoms with E-state index in [9.17, 15) is 19.7 Å². The van der Waals surface area contributed by atoms with E-state index in [4.69, 9.17) is 0 Å². The van der Waals surface area contributed by atoms with Gasteiger partial charge in [-0.1, -0.05) is 68.4 Å². The van der Waals surface area contributed by atoms with Gasteiger partial charge in [-0.2, -0.15) is 0 Å². The largest absolute Gasteiger partial charge is 0.352 e. The van der Waals surface area contributed by atoms with Crippen molar-refractivity contribution in [3.05, 3.63) is 106 Å². The molecule has 0 aliphatic rings. The molecule has 0 atom stereocenters. The van der Waals surface area contributed by atoms with E-state index in [-0.39, 0.29) is 11.6 Å². The quantitative estimate of drug-likeness (QED) is 0.217. The number of nitrogens with zero attached hydrogens (tertiary/aromatic N) is 1. The molecule has 3 aromatic rings. The Morgan fingerprint density at radius 2 is 1.67 bits per heavy atom. The zero-order valence-electron chi connectivity index (χ0n) is 18.4. The molecule has 168 valence electrons. The van der Waals surface area contributed by atoms with Crippen LogP contribution in [0.15, 0.2) is 78.9 Å². The zero-order chi connectivity index (χ0) is 23.8. The predicted molar refractivity (Wildman–Crippen MR) is 130 cm³/mol. The molecule has 0 saturated carbocycles. The molecule has 0 aromatic heterocycles. The molecule has 0 heterocycles. The Kier molecular flexibility index (Phi) is 7.70. The van der Waals surface area contributed by atoms with Gasteiger partial charge in [0.1, 0.15) is 0 Å². The summed E-state index contributed by atoms with van der Waals surface area (Å²) in [6.07, 6.45) is 1.60. The van der Waals surface area contributed by atoms with Gasteiger partial charge in [-0.3, -0.25) is 19.7 Å². The maximum Gasteiger partial charge on any atom is 0.270 e. The third-order valence-corrected chi connectivity index (χ3v) is 4.81. The number of hydrogen-bond donors (Lipinski definition) is 2. The van der Waals surface area contributed by atoms with Crippen molar-refractivity contribution in [3.63, 3.8) is 0 Å². The molecule has 7 nitrogen and oxygen atoms in total. The number of carbonyl (C=O) groups excluding carboxylic acids is 2. The van der Waals surface area contributed by atoms with E-state index in [1.807, 2.05) is 19.9 Å². The molecule has 3 rings (SSSR count). The van der Waals surface area contributed by atoms with Crippen LogP contribution in [0.5, 0.6) is 0 Å². The molecular weight excluding hydrogens is 418 g/mol. The molecule has 0 spiro atoms. The van der Waals surface area contributed by atoms with Gasteiger partial charge in [0.25, 0.3) is 17.5 Å². The number of nitro groups is 1. The number of nitro benzene ring substituents is 1. The molecule has 0 fully saturated rings. The van der Waals surface area contributed by atoms with Crippen molar-refractivity contribution in [1.82, 2.24) is 5.32 Å². The third kappa shape index (κ3) is 6.36. The number of para-hydroxylation sites is 1. The average Bonchev–Trinajstić information content (AvgIpc) is 2.82. The van der Waals surface area contributed by atoms with Crippen LogP contribution < -0.4 is 10.6 Å². The second-order valence-corrected chi connectivity index (χ2v) is 7.88. The monoisotopic (exact) mass is 443 g/mol. The maximum atomic E-state index is 13.3. The minimum Gasteiger partial charge on any atom is -0.352 e. The van der Waals surface area contributed by atoms with Crippen LogP contribution >= 0.6 is 0 Å². The highest BCUT2D eigenvalue weighted by molar-refractivity contribution is 6.29. The number of nitrogens with one attached hydrogen (secondary N) is 2. The number of non-ortho nitro benzene ring substituents is 1. The number of hydrogen-bond acceptors (Lipinski definition) is 4. The van der Waals surface area contributed by atoms with Gasteiger partial charge in [-0.15, -0.1) is 0 Å². The molecule has 2 N–H and O–H groups in total. The molecule has 0 unspecified atom stereocenters. The summed E-state index contributed by atoms with van der Waals surface area (Å²) in [6.45, 7) is 4.51. The SMILES string of the molecule is CC(C)CNC(=O)c1ccccc1NC(=O)/C(=C/c1cccc([N+](=O)[O-])c1)c1ccccc1. The lowest BCUT2D eigenvalue weighted by molar-refractivity contribution is -0.384. The van der Waals surface area contributed by atoms with Crippen molar-refractivity contribution >= 4 is 34.8 Å². The van der Waals surface area contributed by atoms with Crippen LogP contribution in [0.4, 0.5) is 11.4 Å². The summed E-state index contributed by atoms with van der Waals surface area (Å²) >= 11 is 0. The van der Waals surface area contributed by atoms with E-state index < -0.39 is 10.8 Å². The first-order valence-electron chi connectivity index (χ1n) is 10.6. The molecule has 33 heavy (non-hydrogen) atoms. The summed E-state index contributed by atoms with van der Waals surface area (Å²) in [5.74, 6) is -0.418. The molecule has 0 radical (unpaired) electrons. The molecule has 7 heteroatoms. The molecule has 3 aromatic carbocycles. The fourth-order valence-corrected chi connectivity index (χ4v) is 3.16. The normalized spacial score (nSPS) is 11.2. The zero-order valence-corrected chi connectivity index (χ0v) is 18.4. The number of carbonyl (C=O) groups is 2. The Bertz CT molecular complexity index is 1190. The maximum absolute atomic E-state index is 13.3. The van der Waals surface area contributed by atoms with E-state index in [0.29, 0.717) is 40.4 Å². The highest BCUT2D eigenvalue weighted by Gasteiger charge is 2.17. The lowest BCUT2D eigenvalue weighted by atomic mass is 10.0. The van der Waals surface area contributed by atoms with Gasteiger partial charge >= 0.3 is 0 Å². The van der Waals surface area contributed by atoms with Gasteiger partial charge in [0, 0.05) is 24.3 Å². The molecule has 0 saturated heterocycles. The van der Waals surface area contributed by atoms with Crippen LogP contribution in [0, 0.1) is 16.0 Å². The van der Waals surface area contributed by atoms with Gasteiger partial charge < -0.3 is 10.6 Å². The van der Waals surface area contributed by atoms with E-state index in [2.05, 4.69) is 10.6 Å². The lowest BCUT2D eigenvalue weighted by Crippen LogP contribution is -2.28. The topological polar surface area (TPSA) is 101 Å². The first-order valence-corrected chi connectivity index (χ1v) is 10.6. The number of benzene rings is 3. The fraction of sp³-hybridized carbons (Fsp3) is 0.154. The van der Waals surface area contributed by atoms with E-state index in [1.54, 1.807) is 66.7 Å². The Morgan fingerprint density at radius 3 is 2.36 bits per heavy atom. The van der Waals surface area contributed by atoms with Gasteiger partial charge in [0.2, 0.25) is 0 Å². The second kappa shape index (κ2) is 10.9. The van der Waals surface area contributed by atoms with Crippen molar-refractivity contribution in [1.29, 1.82) is 0 Å². The van der Waals surface area contributed by atoms with Crippen molar-refractivity contribution in [2.24, 2.45) is 5.92 Å². The molecular formula is C26H25N3O4. The smallest absolute Gasteiger partial charge is 0.270 e. The average molecular weight is 444 g/mol. The summed E-state index contributed by atoms with van der Waals surface area (Å²) in [4.78, 5) is 36.6. The Hall–Kier alpha value is -4.26. The van der Waals surface area contributed by atoms with Crippen LogP contribution in [0.3, 0.4) is 0 Å². The molecule has 2 amide bonds. The summed E-state index contributed by atoms with van der Waals surface area (Å²) in [6, 6.07) is 21.8. The van der Waals surface area contributed by atoms with Gasteiger partial charge in [0.15, 0.2) is 0 Å². The number of amides is 2. The van der Waals surface area contributed by atoms with E-state index in [1.165, 1.54) is 12.1 Å². The fourth-order valence-electron chi connectivity index (χ4n) is 3.16. The standard InChI is InChI=1S/C26H25N3O4/c1-18(2)17-27-25(30)22-13-6-7-14-24(22)28-26(31)23(20-10-4-3-5-11-20)16-19-9-8-12-21(15-19)29(32)33/h3-16,18H,17H2,1-2H3,(H,27,30)(H,28,31)/b23-16+. The summed E-state index contributed by atoms with van der Waals surface area (Å²) < 4.78 is 0. The van der Waals surface area contributed by atoms with Gasteiger partial charge in [-0.25, -0.2) is 0 Å². The Balaban J connectivity index is 1.96. The van der Waals surface area contributed by atoms with Crippen molar-refractivity contribution < 1.29 is 14.5 Å². The van der Waals surface area contributed by atoms with Crippen LogP contribution in [0.25, 0.3) is 11.6 Å². The van der Waals surface area contributed by atoms with Gasteiger partial charge in [0.05, 0.1) is 16.2 Å². The summed E-state index contributed by atoms with van der Waals surface area (Å²) in [5.41, 5.74) is 2.14. The van der Waals surface area contributed by atoms with Crippen molar-refractivity contribution in [2.45, 2.75) is 13.8 Å². The Morgan fingerprint density at radius 1 is 0.970 bits per heavy atom. The van der Waals surface area contributed by atoms with Crippen molar-refractivity contribution in [2.75, 3.05) is 11.9 Å². The van der Waals surface area contributed by atoms with Crippen molar-refractivity contribution in [3.8, 4) is 0 Å². The predicted octanol–water partition coefficient (Wildman–Crippen LogP) is 5.16. The Labute approximate surface area is 192 Å². The highest BCUT2D eigenvalue weighted by Crippen LogP contribution is 2.24. The molecule has 0 bridgehead atoms. The number of rotatable bonds is 8. The first-order chi connectivity index (χ1) is 15.8. The van der Waals surface area contributed by atoms with E-state index >= 15 is 0 Å². The molecule has 0 aliphatic carbocycles. The number of anilines is 1. The highest BCUT2D eigenvalue weighted by atomic mass is 16.6. The lowest BCUT2D eigenvalue weighted by Gasteiger charge is -2.14. The van der Waals surface area contributed by atoms with Crippen LogP contribution in [0.2, 0.25) is 0 Å². The second-order valence-electron chi connectivity index (χ2n) is 7.88. The van der Waals surface area contributed by atoms with Crippen LogP contribution in [-0.4, -0.2) is 23.3 Å². The van der Waals surface area contributed by atoms with E-state index in [0.717, 1.165) is 0 Å². The third-order valence-electron chi connectivity index (χ3n) is 4.81. The van der Waals surface area contributed by atoms with Crippen LogP contribution in [0.1, 0.15) is 35.3 Å². The summed E-state index contributed by atoms with van der Waals surface area (Å²) in [7, 11) is 0. The van der Waals surface area contributed by atoms with Crippen LogP contribution in [-0.2, 0) is 4.79 Å². The minimum atomic E-state index is -0.481. The summed E-state index contributed by atoms with van der Waals surface area (Å²) in [5, 5.41) is 16.8. The minimum absolute atomic E-state index is 0.0660. The molecule has 0 aliphatic heterocycles. The van der Waals surface area contributed by atoms with Gasteiger partial charge in [-0.05, 0) is 35.3 Å².